The molecular weight excluding hydrogens is 126 g/mol. The van der Waals surface area contributed by atoms with Gasteiger partial charge in [-0.25, -0.2) is 0 Å². The summed E-state index contributed by atoms with van der Waals surface area (Å²) >= 11 is 0. The van der Waals surface area contributed by atoms with Gasteiger partial charge in [-0.1, -0.05) is 0 Å². The van der Waals surface area contributed by atoms with Crippen molar-refractivity contribution in [3.8, 4) is 6.26 Å². The number of fused-ring (bicyclic) bond motifs is 2. The molecule has 0 aliphatic heterocycles. The van der Waals surface area contributed by atoms with Crippen molar-refractivity contribution in [1.82, 2.24) is 0 Å². The maximum absolute atomic E-state index is 8.37. The maximum atomic E-state index is 8.37. The molecule has 2 fully saturated rings. The molecule has 2 rings (SSSR count). The lowest BCUT2D eigenvalue weighted by Crippen LogP contribution is -2.24. The van der Waals surface area contributed by atoms with Crippen LogP contribution in [0.15, 0.2) is 0 Å². The van der Waals surface area contributed by atoms with E-state index < -0.39 is 0 Å². The summed E-state index contributed by atoms with van der Waals surface area (Å²) in [4.78, 5) is 0. The van der Waals surface area contributed by atoms with Crippen molar-refractivity contribution in [2.75, 3.05) is 0 Å². The topological polar surface area (TPSA) is 33.0 Å². The van der Waals surface area contributed by atoms with Crippen LogP contribution in [0.4, 0.5) is 0 Å². The Labute approximate surface area is 60.8 Å². The molecule has 0 saturated heterocycles. The minimum absolute atomic E-state index is 0.000579. The summed E-state index contributed by atoms with van der Waals surface area (Å²) in [6.45, 7) is 0. The van der Waals surface area contributed by atoms with Gasteiger partial charge in [0.15, 0.2) is 0 Å². The lowest BCUT2D eigenvalue weighted by Gasteiger charge is -2.22. The number of ether oxygens (including phenoxy) is 1. The Balaban J connectivity index is 2.10. The summed E-state index contributed by atoms with van der Waals surface area (Å²) in [5.74, 6) is 0.869. The van der Waals surface area contributed by atoms with Gasteiger partial charge in [-0.05, 0) is 38.0 Å². The Morgan fingerprint density at radius 3 is 2.50 bits per heavy atom. The first-order valence-electron chi connectivity index (χ1n) is 3.92. The van der Waals surface area contributed by atoms with E-state index in [1.165, 1.54) is 12.8 Å². The third-order valence-electron chi connectivity index (χ3n) is 2.94. The highest BCUT2D eigenvalue weighted by molar-refractivity contribution is 4.98. The average Bonchev–Trinajstić information content (AvgIpc) is 2.46. The second-order valence-electron chi connectivity index (χ2n) is 3.52. The van der Waals surface area contributed by atoms with Gasteiger partial charge in [-0.3, -0.25) is 0 Å². The molecular formula is C8H11NO. The molecule has 2 bridgehead atoms. The number of hydrogen-bond donors (Lipinski definition) is 0. The molecule has 0 amide bonds. The van der Waals surface area contributed by atoms with Crippen LogP contribution in [-0.2, 0) is 4.74 Å². The maximum Gasteiger partial charge on any atom is 0.286 e. The molecule has 0 N–H and O–H groups in total. The number of rotatable bonds is 1. The Hall–Kier alpha value is -0.710. The summed E-state index contributed by atoms with van der Waals surface area (Å²) in [7, 11) is 0. The summed E-state index contributed by atoms with van der Waals surface area (Å²) in [6, 6.07) is 0. The standard InChI is InChI=1S/C8H11NO/c9-6-10-8-3-1-7(5-8)2-4-8/h7H,1-5H2. The highest BCUT2D eigenvalue weighted by Crippen LogP contribution is 2.49. The molecule has 0 aromatic rings. The van der Waals surface area contributed by atoms with Crippen LogP contribution in [0.2, 0.25) is 0 Å². The van der Waals surface area contributed by atoms with E-state index in [9.17, 15) is 0 Å². The van der Waals surface area contributed by atoms with E-state index in [0.29, 0.717) is 0 Å². The average molecular weight is 137 g/mol. The van der Waals surface area contributed by atoms with E-state index in [4.69, 9.17) is 10.00 Å². The Bertz CT molecular complexity index is 174. The summed E-state index contributed by atoms with van der Waals surface area (Å²) < 4.78 is 5.09. The first-order valence-corrected chi connectivity index (χ1v) is 3.92. The Morgan fingerprint density at radius 2 is 2.10 bits per heavy atom. The third kappa shape index (κ3) is 0.701. The highest BCUT2D eigenvalue weighted by Gasteiger charge is 2.46. The molecule has 2 aliphatic carbocycles. The number of nitrogens with zero attached hydrogens (tertiary/aromatic N) is 1. The van der Waals surface area contributed by atoms with E-state index in [1.807, 2.05) is 6.26 Å². The van der Waals surface area contributed by atoms with Gasteiger partial charge in [0.25, 0.3) is 6.26 Å². The van der Waals surface area contributed by atoms with Gasteiger partial charge in [0, 0.05) is 0 Å². The fourth-order valence-corrected chi connectivity index (χ4v) is 2.38. The van der Waals surface area contributed by atoms with Gasteiger partial charge < -0.3 is 4.74 Å². The molecule has 54 valence electrons. The van der Waals surface area contributed by atoms with Crippen LogP contribution in [0.1, 0.15) is 32.1 Å². The van der Waals surface area contributed by atoms with E-state index in [2.05, 4.69) is 0 Å². The fraction of sp³-hybridized carbons (Fsp3) is 0.875. The summed E-state index contributed by atoms with van der Waals surface area (Å²) in [6.07, 6.45) is 7.76. The van der Waals surface area contributed by atoms with Gasteiger partial charge in [0.1, 0.15) is 5.60 Å². The molecule has 0 aromatic heterocycles. The van der Waals surface area contributed by atoms with Crippen LogP contribution < -0.4 is 0 Å². The quantitative estimate of drug-likeness (QED) is 0.516. The largest absolute Gasteiger partial charge is 0.421 e. The second kappa shape index (κ2) is 1.88. The van der Waals surface area contributed by atoms with Crippen LogP contribution in [0.25, 0.3) is 0 Å². The fourth-order valence-electron chi connectivity index (χ4n) is 2.38. The molecule has 0 unspecified atom stereocenters. The molecule has 2 nitrogen and oxygen atoms in total. The van der Waals surface area contributed by atoms with Crippen LogP contribution in [0.5, 0.6) is 0 Å². The second-order valence-corrected chi connectivity index (χ2v) is 3.52. The van der Waals surface area contributed by atoms with E-state index in [1.54, 1.807) is 0 Å². The van der Waals surface area contributed by atoms with Crippen LogP contribution in [-0.4, -0.2) is 5.60 Å². The van der Waals surface area contributed by atoms with Gasteiger partial charge in [0.05, 0.1) is 0 Å². The third-order valence-corrected chi connectivity index (χ3v) is 2.94. The monoisotopic (exact) mass is 137 g/mol. The Morgan fingerprint density at radius 1 is 1.40 bits per heavy atom. The van der Waals surface area contributed by atoms with Gasteiger partial charge >= 0.3 is 0 Å². The smallest absolute Gasteiger partial charge is 0.286 e. The Kier molecular flexibility index (Phi) is 1.14. The zero-order valence-corrected chi connectivity index (χ0v) is 5.97. The molecule has 0 spiro atoms. The van der Waals surface area contributed by atoms with Crippen molar-refractivity contribution in [3.63, 3.8) is 0 Å². The number of hydrogen-bond acceptors (Lipinski definition) is 2. The molecule has 2 heteroatoms. The first kappa shape index (κ1) is 6.03. The zero-order valence-electron chi connectivity index (χ0n) is 5.97. The first-order chi connectivity index (χ1) is 4.85. The van der Waals surface area contributed by atoms with Gasteiger partial charge in [-0.2, -0.15) is 5.26 Å². The summed E-state index contributed by atoms with van der Waals surface area (Å²) in [5, 5.41) is 8.37. The molecule has 10 heavy (non-hydrogen) atoms. The van der Waals surface area contributed by atoms with Crippen molar-refractivity contribution in [1.29, 1.82) is 5.26 Å². The molecule has 2 saturated carbocycles. The van der Waals surface area contributed by atoms with Crippen LogP contribution in [0, 0.1) is 17.4 Å². The predicted octanol–water partition coefficient (Wildman–Crippen LogP) is 1.82. The molecule has 0 radical (unpaired) electrons. The van der Waals surface area contributed by atoms with E-state index in [-0.39, 0.29) is 5.60 Å². The van der Waals surface area contributed by atoms with Crippen molar-refractivity contribution in [2.24, 2.45) is 5.92 Å². The minimum atomic E-state index is -0.000579. The van der Waals surface area contributed by atoms with Crippen molar-refractivity contribution >= 4 is 0 Å². The highest BCUT2D eigenvalue weighted by atomic mass is 16.5. The number of nitriles is 1. The van der Waals surface area contributed by atoms with Gasteiger partial charge in [0.2, 0.25) is 0 Å². The summed E-state index contributed by atoms with van der Waals surface area (Å²) in [5.41, 5.74) is -0.000579. The van der Waals surface area contributed by atoms with Crippen molar-refractivity contribution < 1.29 is 4.74 Å². The normalized spacial score (nSPS) is 43.3. The lowest BCUT2D eigenvalue weighted by molar-refractivity contribution is 0.0456. The molecule has 2 aliphatic rings. The SMILES string of the molecule is N#COC12CCC(CC1)C2. The van der Waals surface area contributed by atoms with Crippen LogP contribution in [0.3, 0.4) is 0 Å². The van der Waals surface area contributed by atoms with E-state index >= 15 is 0 Å². The molecule has 0 heterocycles. The zero-order chi connectivity index (χ0) is 7.03. The lowest BCUT2D eigenvalue weighted by atomic mass is 9.97. The minimum Gasteiger partial charge on any atom is -0.421 e. The molecule has 0 atom stereocenters. The van der Waals surface area contributed by atoms with Crippen LogP contribution >= 0.6 is 0 Å². The van der Waals surface area contributed by atoms with Crippen molar-refractivity contribution in [2.45, 2.75) is 37.7 Å². The van der Waals surface area contributed by atoms with Gasteiger partial charge in [-0.15, -0.1) is 0 Å². The molecule has 0 aromatic carbocycles. The predicted molar refractivity (Wildman–Crippen MR) is 36.0 cm³/mol. The van der Waals surface area contributed by atoms with E-state index in [0.717, 1.165) is 25.2 Å². The van der Waals surface area contributed by atoms with Crippen molar-refractivity contribution in [3.05, 3.63) is 0 Å².